The van der Waals surface area contributed by atoms with Gasteiger partial charge in [-0.3, -0.25) is 14.4 Å². The SMILES string of the molecule is CC(=O)c1ccc(Sc2ccc([S+](c3ccc(Sc4ccc(C(C)=O)cc4)cc3)c3ccc(Sc4ccc(C(C)=O)cc4)cc3)cc2)cc1.c1ccc([B-](c2ccccc2)(c2ccccc2)c2ccccc2)cc1. The molecule has 0 aromatic heterocycles. The van der Waals surface area contributed by atoms with E-state index in [0.717, 1.165) is 29.4 Å². The van der Waals surface area contributed by atoms with Gasteiger partial charge in [-0.25, -0.2) is 0 Å². The zero-order valence-corrected chi connectivity index (χ0v) is 44.6. The van der Waals surface area contributed by atoms with Gasteiger partial charge in [0.15, 0.2) is 32.0 Å². The summed E-state index contributed by atoms with van der Waals surface area (Å²) in [6.07, 6.45) is -1.22. The molecule has 0 saturated heterocycles. The zero-order valence-electron chi connectivity index (χ0n) is 41.3. The Hall–Kier alpha value is -7.33. The zero-order chi connectivity index (χ0) is 51.3. The van der Waals surface area contributed by atoms with Crippen LogP contribution in [0.5, 0.6) is 0 Å². The molecule has 0 aliphatic carbocycles. The van der Waals surface area contributed by atoms with Crippen molar-refractivity contribution in [2.75, 3.05) is 0 Å². The highest BCUT2D eigenvalue weighted by molar-refractivity contribution is 8.00. The molecule has 0 spiro atoms. The van der Waals surface area contributed by atoms with Crippen molar-refractivity contribution in [1.82, 2.24) is 0 Å². The Balaban J connectivity index is 0.000000224. The molecule has 0 unspecified atom stereocenters. The molecule has 0 amide bonds. The molecular formula is C66H53BO3S4. The molecule has 8 heteroatoms. The third-order valence-corrected chi connectivity index (χ3v) is 18.1. The van der Waals surface area contributed by atoms with Gasteiger partial charge in [0.25, 0.3) is 0 Å². The van der Waals surface area contributed by atoms with E-state index in [1.54, 1.807) is 56.1 Å². The van der Waals surface area contributed by atoms with E-state index in [1.807, 2.05) is 72.8 Å². The Labute approximate surface area is 451 Å². The number of carbonyl (C=O) groups excluding carboxylic acids is 3. The summed E-state index contributed by atoms with van der Waals surface area (Å²) >= 11 is 5.04. The summed E-state index contributed by atoms with van der Waals surface area (Å²) < 4.78 is 0. The van der Waals surface area contributed by atoms with Crippen molar-refractivity contribution >= 4 is 91.5 Å². The van der Waals surface area contributed by atoms with Gasteiger partial charge in [0.05, 0.1) is 10.9 Å². The highest BCUT2D eigenvalue weighted by Gasteiger charge is 2.32. The van der Waals surface area contributed by atoms with Crippen molar-refractivity contribution < 1.29 is 14.4 Å². The number of benzene rings is 10. The van der Waals surface area contributed by atoms with E-state index in [1.165, 1.54) is 36.5 Å². The molecule has 0 atom stereocenters. The Morgan fingerprint density at radius 1 is 0.270 bits per heavy atom. The molecule has 10 aromatic rings. The summed E-state index contributed by atoms with van der Waals surface area (Å²) in [4.78, 5) is 45.4. The minimum atomic E-state index is -1.22. The van der Waals surface area contributed by atoms with Crippen LogP contribution < -0.4 is 21.9 Å². The minimum absolute atomic E-state index is 0.0674. The topological polar surface area (TPSA) is 51.2 Å². The molecule has 0 N–H and O–H groups in total. The van der Waals surface area contributed by atoms with E-state index >= 15 is 0 Å². The molecule has 0 saturated carbocycles. The van der Waals surface area contributed by atoms with E-state index in [0.29, 0.717) is 16.7 Å². The summed E-state index contributed by atoms with van der Waals surface area (Å²) in [5, 5.41) is 0. The predicted molar refractivity (Wildman–Crippen MR) is 313 cm³/mol. The number of Topliss-reactive ketones (excluding diaryl/α,β-unsaturated/α-hetero) is 3. The molecule has 74 heavy (non-hydrogen) atoms. The van der Waals surface area contributed by atoms with Crippen molar-refractivity contribution in [1.29, 1.82) is 0 Å². The van der Waals surface area contributed by atoms with Crippen molar-refractivity contribution in [3.63, 3.8) is 0 Å². The van der Waals surface area contributed by atoms with Crippen LogP contribution in [0, 0.1) is 0 Å². The molecule has 0 aliphatic heterocycles. The van der Waals surface area contributed by atoms with Crippen molar-refractivity contribution in [3.8, 4) is 0 Å². The van der Waals surface area contributed by atoms with Crippen LogP contribution in [0.1, 0.15) is 51.8 Å². The molecular weight excluding hydrogens is 980 g/mol. The van der Waals surface area contributed by atoms with Crippen LogP contribution >= 0.6 is 35.3 Å². The van der Waals surface area contributed by atoms with Gasteiger partial charge >= 0.3 is 0 Å². The number of hydrogen-bond donors (Lipinski definition) is 0. The molecule has 10 rings (SSSR count). The van der Waals surface area contributed by atoms with Crippen LogP contribution in [0.4, 0.5) is 0 Å². The van der Waals surface area contributed by atoms with Crippen molar-refractivity contribution in [2.45, 2.75) is 64.8 Å². The summed E-state index contributed by atoms with van der Waals surface area (Å²) in [7, 11) is -0.344. The minimum Gasteiger partial charge on any atom is -0.295 e. The number of hydrogen-bond acceptors (Lipinski definition) is 6. The second-order valence-corrected chi connectivity index (χ2v) is 23.2. The van der Waals surface area contributed by atoms with Crippen LogP contribution in [0.3, 0.4) is 0 Å². The largest absolute Gasteiger partial charge is 0.295 e. The monoisotopic (exact) mass is 1030 g/mol. The van der Waals surface area contributed by atoms with Gasteiger partial charge in [-0.2, -0.15) is 21.9 Å². The predicted octanol–water partition coefficient (Wildman–Crippen LogP) is 14.9. The first-order valence-corrected chi connectivity index (χ1v) is 28.1. The van der Waals surface area contributed by atoms with Gasteiger partial charge < -0.3 is 0 Å². The lowest BCUT2D eigenvalue weighted by Crippen LogP contribution is -2.74. The van der Waals surface area contributed by atoms with Crippen LogP contribution in [-0.2, 0) is 10.9 Å². The smallest absolute Gasteiger partial charge is 0.166 e. The standard InChI is InChI=1S/C42H33O3S4.C24H20B/c1-28(43)31-4-10-34(11-5-31)46-37-16-22-40(23-17-37)49(41-24-18-38(19-25-41)47-35-12-6-32(7-13-35)29(2)44)42-26-20-39(21-27-42)48-36-14-8-33(9-15-36)30(3)45;1-5-13-21(14-6-1)25(22-15-7-2-8-16-22,23-17-9-3-10-18-23)24-19-11-4-12-20-24/h4-27H,1-3H3;1-20H/q+1;-1. The highest BCUT2D eigenvalue weighted by Crippen LogP contribution is 2.38. The normalized spacial score (nSPS) is 11.1. The highest BCUT2D eigenvalue weighted by atomic mass is 32.2. The van der Waals surface area contributed by atoms with Gasteiger partial charge in [-0.1, -0.05) is 193 Å². The van der Waals surface area contributed by atoms with Crippen molar-refractivity contribution in [2.24, 2.45) is 0 Å². The average Bonchev–Trinajstić information content (AvgIpc) is 3.44. The van der Waals surface area contributed by atoms with Gasteiger partial charge in [-0.05, 0) is 130 Å². The maximum Gasteiger partial charge on any atom is 0.166 e. The van der Waals surface area contributed by atoms with Gasteiger partial charge in [0, 0.05) is 46.1 Å². The average molecular weight is 1030 g/mol. The summed E-state index contributed by atoms with van der Waals surface area (Å²) in [5.41, 5.74) is 7.51. The van der Waals surface area contributed by atoms with Crippen LogP contribution in [0.25, 0.3) is 0 Å². The molecule has 0 radical (unpaired) electrons. The molecule has 0 bridgehead atoms. The second kappa shape index (κ2) is 24.6. The van der Waals surface area contributed by atoms with Crippen LogP contribution in [0.15, 0.2) is 311 Å². The van der Waals surface area contributed by atoms with Gasteiger partial charge in [0.2, 0.25) is 0 Å². The third kappa shape index (κ3) is 12.5. The summed E-state index contributed by atoms with van der Waals surface area (Å²) in [5.74, 6) is 0.202. The maximum absolute atomic E-state index is 11.7. The third-order valence-electron chi connectivity index (χ3n) is 12.9. The van der Waals surface area contributed by atoms with Crippen molar-refractivity contribution in [3.05, 3.63) is 284 Å². The second-order valence-electron chi connectivity index (χ2n) is 17.8. The Morgan fingerprint density at radius 3 is 0.649 bits per heavy atom. The number of ketones is 3. The lowest BCUT2D eigenvalue weighted by molar-refractivity contribution is 0.100. The van der Waals surface area contributed by atoms with Gasteiger partial charge in [0.1, 0.15) is 6.15 Å². The Kier molecular flexibility index (Phi) is 17.1. The fraction of sp³-hybridized carbons (Fsp3) is 0.0455. The van der Waals surface area contributed by atoms with E-state index in [4.69, 9.17) is 0 Å². The molecule has 3 nitrogen and oxygen atoms in total. The molecule has 362 valence electrons. The molecule has 0 fully saturated rings. The first-order chi connectivity index (χ1) is 36.1. The first kappa shape index (κ1) is 51.6. The Bertz CT molecular complexity index is 3020. The van der Waals surface area contributed by atoms with Gasteiger partial charge in [-0.15, -0.1) is 0 Å². The molecule has 0 aliphatic rings. The molecule has 10 aromatic carbocycles. The van der Waals surface area contributed by atoms with E-state index < -0.39 is 6.15 Å². The quantitative estimate of drug-likeness (QED) is 0.0546. The number of carbonyl (C=O) groups is 3. The van der Waals surface area contributed by atoms with E-state index in [9.17, 15) is 14.4 Å². The van der Waals surface area contributed by atoms with Crippen LogP contribution in [-0.4, -0.2) is 23.5 Å². The summed E-state index contributed by atoms with van der Waals surface area (Å²) in [6.45, 7) is 4.75. The lowest BCUT2D eigenvalue weighted by Gasteiger charge is -2.44. The fourth-order valence-electron chi connectivity index (χ4n) is 9.14. The fourth-order valence-corrected chi connectivity index (χ4v) is 13.6. The van der Waals surface area contributed by atoms with Crippen LogP contribution in [0.2, 0.25) is 0 Å². The molecule has 0 heterocycles. The maximum atomic E-state index is 11.7. The van der Waals surface area contributed by atoms with E-state index in [-0.39, 0.29) is 28.2 Å². The Morgan fingerprint density at radius 2 is 0.459 bits per heavy atom. The van der Waals surface area contributed by atoms with E-state index in [2.05, 4.69) is 194 Å². The lowest BCUT2D eigenvalue weighted by atomic mass is 9.13. The summed E-state index contributed by atoms with van der Waals surface area (Å²) in [6, 6.07) is 93.1. The first-order valence-electron chi connectivity index (χ1n) is 24.4. The number of rotatable bonds is 16.